The fourth-order valence-corrected chi connectivity index (χ4v) is 5.63. The minimum atomic E-state index is -0.562. The lowest BCUT2D eigenvalue weighted by Gasteiger charge is -2.11. The number of anilines is 2. The van der Waals surface area contributed by atoms with Crippen LogP contribution >= 0.6 is 0 Å². The summed E-state index contributed by atoms with van der Waals surface area (Å²) in [4.78, 5) is 55.7. The monoisotopic (exact) mass is 740 g/mol. The first-order chi connectivity index (χ1) is 25.8. The van der Waals surface area contributed by atoms with Crippen molar-refractivity contribution in [2.24, 2.45) is 11.5 Å². The van der Waals surface area contributed by atoms with E-state index in [9.17, 15) is 19.2 Å². The number of nitrogens with one attached hydrogen (secondary N) is 2. The summed E-state index contributed by atoms with van der Waals surface area (Å²) in [7, 11) is 0. The number of aryl methyl sites for hydroxylation is 5. The van der Waals surface area contributed by atoms with Gasteiger partial charge in [0.2, 0.25) is 23.7 Å². The van der Waals surface area contributed by atoms with Crippen molar-refractivity contribution in [3.05, 3.63) is 81.4 Å². The Morgan fingerprint density at radius 2 is 1.35 bits per heavy atom. The van der Waals surface area contributed by atoms with Crippen LogP contribution in [0.5, 0.6) is 0 Å². The Balaban J connectivity index is 0.000000443. The van der Waals surface area contributed by atoms with E-state index in [0.29, 0.717) is 59.3 Å². The highest BCUT2D eigenvalue weighted by molar-refractivity contribution is 6.04. The van der Waals surface area contributed by atoms with Gasteiger partial charge in [-0.05, 0) is 83.9 Å². The van der Waals surface area contributed by atoms with E-state index in [0.717, 1.165) is 52.8 Å². The van der Waals surface area contributed by atoms with Crippen LogP contribution < -0.4 is 22.5 Å². The normalized spacial score (nSPS) is 10.5. The number of imidazole rings is 2. The number of nitrogens with zero attached hydrogens (tertiary/aromatic N) is 7. The topological polar surface area (TPSA) is 241 Å². The van der Waals surface area contributed by atoms with Gasteiger partial charge in [-0.15, -0.1) is 0 Å². The molecule has 0 saturated heterocycles. The zero-order valence-corrected chi connectivity index (χ0v) is 32.6. The Kier molecular flexibility index (Phi) is 14.8. The van der Waals surface area contributed by atoms with Crippen LogP contribution in [-0.4, -0.2) is 63.1 Å². The molecule has 16 nitrogen and oxygen atoms in total. The van der Waals surface area contributed by atoms with E-state index < -0.39 is 17.7 Å². The molecular weight excluding hydrogens is 688 g/mol. The van der Waals surface area contributed by atoms with Gasteiger partial charge < -0.3 is 26.3 Å². The number of hydrogen-bond acceptors (Lipinski definition) is 9. The van der Waals surface area contributed by atoms with Crippen LogP contribution in [0.4, 0.5) is 11.9 Å². The van der Waals surface area contributed by atoms with Gasteiger partial charge in [0.15, 0.2) is 12.0 Å². The van der Waals surface area contributed by atoms with E-state index in [1.807, 2.05) is 71.4 Å². The third-order valence-electron chi connectivity index (χ3n) is 8.69. The number of H-pyrrole nitrogens is 1. The summed E-state index contributed by atoms with van der Waals surface area (Å²) >= 11 is 0. The second-order valence-corrected chi connectivity index (χ2v) is 11.9. The molecule has 0 aliphatic heterocycles. The number of benzene rings is 2. The molecule has 0 spiro atoms. The SMILES string of the molecule is CC.CC.CCn1nc(C)c(C)c1C=O.Cc1[nH]nc(C(=O)Nc2nc3cc(C(N)=O)ccc3n2CCCCn2c(N)nc3cc(C(N)=O)ccc32)c1C. The zero-order valence-electron chi connectivity index (χ0n) is 32.6. The summed E-state index contributed by atoms with van der Waals surface area (Å²) in [5.41, 5.74) is 24.8. The summed E-state index contributed by atoms with van der Waals surface area (Å²) in [5, 5.41) is 14.0. The third-order valence-corrected chi connectivity index (χ3v) is 8.69. The molecule has 0 radical (unpaired) electrons. The molecule has 6 rings (SSSR count). The summed E-state index contributed by atoms with van der Waals surface area (Å²) in [5.74, 6) is -0.801. The molecule has 0 aliphatic rings. The van der Waals surface area contributed by atoms with Crippen molar-refractivity contribution in [2.75, 3.05) is 11.1 Å². The number of unbranched alkanes of at least 4 members (excludes halogenated alkanes) is 1. The highest BCUT2D eigenvalue weighted by Crippen LogP contribution is 2.24. The van der Waals surface area contributed by atoms with Gasteiger partial charge in [-0.3, -0.25) is 34.3 Å². The van der Waals surface area contributed by atoms with Crippen LogP contribution in [0, 0.1) is 27.7 Å². The van der Waals surface area contributed by atoms with Crippen LogP contribution in [0.2, 0.25) is 0 Å². The standard InChI is InChI=1S/C26H28N10O3.C8H12N2O.2C2H6/c1-13-14(2)33-34-21(13)24(39)32-26-31-18-12-16(23(28)38)6-8-20(18)36(26)10-4-3-9-35-19-7-5-15(22(27)37)11-17(19)30-25(35)29;1-4-10-8(5-11)6(2)7(3)9-10;2*1-2/h5-8,11-12H,3-4,9-10H2,1-2H3,(H2,27,37)(H2,28,38)(H2,29,30)(H,33,34)(H,31,32,39);5H,4H2,1-3H3;2*1-2H3. The Hall–Kier alpha value is -6.32. The average molecular weight is 741 g/mol. The molecule has 0 aliphatic carbocycles. The summed E-state index contributed by atoms with van der Waals surface area (Å²) in [6.07, 6.45) is 2.31. The smallest absolute Gasteiger partial charge is 0.278 e. The summed E-state index contributed by atoms with van der Waals surface area (Å²) in [6, 6.07) is 10.1. The van der Waals surface area contributed by atoms with E-state index >= 15 is 0 Å². The number of primary amides is 2. The Labute approximate surface area is 314 Å². The number of nitrogen functional groups attached to an aromatic ring is 1. The van der Waals surface area contributed by atoms with E-state index in [4.69, 9.17) is 17.2 Å². The average Bonchev–Trinajstić information content (AvgIpc) is 3.88. The molecule has 16 heteroatoms. The van der Waals surface area contributed by atoms with Crippen molar-refractivity contribution in [3.8, 4) is 0 Å². The van der Waals surface area contributed by atoms with Crippen molar-refractivity contribution in [1.82, 2.24) is 39.1 Å². The highest BCUT2D eigenvalue weighted by Gasteiger charge is 2.20. The molecule has 0 saturated carbocycles. The first-order valence-electron chi connectivity index (χ1n) is 18.0. The first-order valence-corrected chi connectivity index (χ1v) is 18.0. The predicted octanol–water partition coefficient (Wildman–Crippen LogP) is 5.62. The lowest BCUT2D eigenvalue weighted by atomic mass is 10.2. The Bertz CT molecular complexity index is 2260. The highest BCUT2D eigenvalue weighted by atomic mass is 16.2. The van der Waals surface area contributed by atoms with Crippen LogP contribution in [0.15, 0.2) is 36.4 Å². The Morgan fingerprint density at radius 1 is 0.815 bits per heavy atom. The van der Waals surface area contributed by atoms with Gasteiger partial charge >= 0.3 is 0 Å². The predicted molar refractivity (Wildman–Crippen MR) is 212 cm³/mol. The molecule has 0 bridgehead atoms. The van der Waals surface area contributed by atoms with Crippen LogP contribution in [-0.2, 0) is 19.6 Å². The molecule has 0 unspecified atom stereocenters. The van der Waals surface area contributed by atoms with Crippen LogP contribution in [0.25, 0.3) is 22.1 Å². The van der Waals surface area contributed by atoms with Gasteiger partial charge in [0.1, 0.15) is 5.69 Å². The molecule has 3 amide bonds. The fourth-order valence-electron chi connectivity index (χ4n) is 5.63. The zero-order chi connectivity index (χ0) is 40.3. The molecule has 2 aromatic carbocycles. The van der Waals surface area contributed by atoms with Gasteiger partial charge in [-0.25, -0.2) is 9.97 Å². The van der Waals surface area contributed by atoms with Crippen LogP contribution in [0.3, 0.4) is 0 Å². The number of rotatable bonds is 11. The number of aldehydes is 1. The van der Waals surface area contributed by atoms with E-state index in [1.54, 1.807) is 41.1 Å². The number of carbonyl (C=O) groups is 4. The van der Waals surface area contributed by atoms with E-state index in [1.165, 1.54) is 0 Å². The third kappa shape index (κ3) is 9.18. The molecule has 4 aromatic heterocycles. The lowest BCUT2D eigenvalue weighted by Crippen LogP contribution is -2.17. The second kappa shape index (κ2) is 19.0. The fraction of sp³-hybridized carbons (Fsp3) is 0.368. The first kappa shape index (κ1) is 42.1. The van der Waals surface area contributed by atoms with Crippen molar-refractivity contribution in [1.29, 1.82) is 0 Å². The lowest BCUT2D eigenvalue weighted by molar-refractivity contribution is 0.0992. The number of carbonyl (C=O) groups excluding carboxylic acids is 4. The molecule has 0 fully saturated rings. The maximum atomic E-state index is 13.0. The summed E-state index contributed by atoms with van der Waals surface area (Å²) < 4.78 is 5.50. The summed E-state index contributed by atoms with van der Waals surface area (Å²) in [6.45, 7) is 19.3. The number of aromatic amines is 1. The van der Waals surface area contributed by atoms with Gasteiger partial charge in [-0.1, -0.05) is 27.7 Å². The minimum absolute atomic E-state index is 0.283. The minimum Gasteiger partial charge on any atom is -0.369 e. The molecule has 54 heavy (non-hydrogen) atoms. The number of nitrogens with two attached hydrogens (primary N) is 3. The number of hydrogen-bond donors (Lipinski definition) is 5. The largest absolute Gasteiger partial charge is 0.369 e. The maximum absolute atomic E-state index is 13.0. The van der Waals surface area contributed by atoms with Gasteiger partial charge in [0.05, 0.1) is 27.8 Å². The maximum Gasteiger partial charge on any atom is 0.278 e. The van der Waals surface area contributed by atoms with Gasteiger partial charge in [-0.2, -0.15) is 10.2 Å². The van der Waals surface area contributed by atoms with Crippen molar-refractivity contribution < 1.29 is 19.2 Å². The van der Waals surface area contributed by atoms with Crippen LogP contribution in [0.1, 0.15) is 112 Å². The molecule has 6 aromatic rings. The molecule has 0 atom stereocenters. The van der Waals surface area contributed by atoms with Gasteiger partial charge in [0, 0.05) is 47.6 Å². The van der Waals surface area contributed by atoms with Crippen molar-refractivity contribution in [3.63, 3.8) is 0 Å². The molecule has 288 valence electrons. The molecule has 4 heterocycles. The van der Waals surface area contributed by atoms with Crippen molar-refractivity contribution in [2.45, 2.75) is 94.8 Å². The van der Waals surface area contributed by atoms with E-state index in [2.05, 4.69) is 30.6 Å². The second-order valence-electron chi connectivity index (χ2n) is 11.9. The van der Waals surface area contributed by atoms with Gasteiger partial charge in [0.25, 0.3) is 5.91 Å². The number of aromatic nitrogens is 8. The number of amides is 3. The van der Waals surface area contributed by atoms with Crippen molar-refractivity contribution >= 4 is 58.0 Å². The molecular formula is C38H52N12O4. The molecule has 8 N–H and O–H groups in total. The Morgan fingerprint density at radius 3 is 1.83 bits per heavy atom. The van der Waals surface area contributed by atoms with E-state index in [-0.39, 0.29) is 5.69 Å². The number of fused-ring (bicyclic) bond motifs is 2. The quantitative estimate of drug-likeness (QED) is 0.0816.